The first-order valence-electron chi connectivity index (χ1n) is 9.45. The van der Waals surface area contributed by atoms with Gasteiger partial charge < -0.3 is 9.05 Å². The zero-order valence-corrected chi connectivity index (χ0v) is 18.6. The largest absolute Gasteiger partial charge is 0.505 e. The van der Waals surface area contributed by atoms with E-state index in [4.69, 9.17) is 9.05 Å². The van der Waals surface area contributed by atoms with E-state index in [1.165, 1.54) is 11.1 Å². The van der Waals surface area contributed by atoms with Gasteiger partial charge in [-0.1, -0.05) is 65.4 Å². The van der Waals surface area contributed by atoms with Crippen LogP contribution in [0.2, 0.25) is 0 Å². The van der Waals surface area contributed by atoms with Crippen molar-refractivity contribution in [2.24, 2.45) is 0 Å². The normalized spacial score (nSPS) is 15.1. The van der Waals surface area contributed by atoms with Crippen LogP contribution in [0.4, 0.5) is 4.20 Å². The average molecular weight is 407 g/mol. The standard InChI is InChI=1S/C22H28FO2PS/c1-7-21(3,4)15-9-11-17-19(13-15)27-20-14-16(22(5,6)8-2)10-12-18(20)25-26(23)24-17/h9-14H,7-8H2,1-6H3. The molecule has 0 unspecified atom stereocenters. The summed E-state index contributed by atoms with van der Waals surface area (Å²) in [6, 6.07) is 12.1. The van der Waals surface area contributed by atoms with Gasteiger partial charge in [0.05, 0.1) is 9.79 Å². The van der Waals surface area contributed by atoms with Crippen LogP contribution in [0.3, 0.4) is 0 Å². The van der Waals surface area contributed by atoms with Gasteiger partial charge in [-0.15, -0.1) is 4.20 Å². The maximum absolute atomic E-state index is 14.4. The van der Waals surface area contributed by atoms with Crippen LogP contribution in [0, 0.1) is 0 Å². The Bertz CT molecular complexity index is 768. The third-order valence-electron chi connectivity index (χ3n) is 5.78. The first-order valence-corrected chi connectivity index (χ1v) is 11.3. The van der Waals surface area contributed by atoms with Crippen LogP contribution in [0.1, 0.15) is 65.5 Å². The van der Waals surface area contributed by atoms with Gasteiger partial charge in [-0.25, -0.2) is 0 Å². The highest BCUT2D eigenvalue weighted by Crippen LogP contribution is 2.53. The van der Waals surface area contributed by atoms with Gasteiger partial charge in [0.2, 0.25) is 0 Å². The van der Waals surface area contributed by atoms with E-state index in [1.54, 1.807) is 11.8 Å². The van der Waals surface area contributed by atoms with Crippen LogP contribution in [0.25, 0.3) is 0 Å². The molecule has 0 bridgehead atoms. The molecule has 3 rings (SSSR count). The molecular weight excluding hydrogens is 378 g/mol. The monoisotopic (exact) mass is 406 g/mol. The Morgan fingerprint density at radius 2 is 1.22 bits per heavy atom. The lowest BCUT2D eigenvalue weighted by Gasteiger charge is -2.27. The molecule has 0 spiro atoms. The van der Waals surface area contributed by atoms with Gasteiger partial charge in [-0.05, 0) is 59.1 Å². The Morgan fingerprint density at radius 1 is 0.815 bits per heavy atom. The van der Waals surface area contributed by atoms with Crippen molar-refractivity contribution >= 4 is 20.4 Å². The van der Waals surface area contributed by atoms with Crippen LogP contribution < -0.4 is 9.05 Å². The number of rotatable bonds is 4. The summed E-state index contributed by atoms with van der Waals surface area (Å²) in [7, 11) is -2.50. The molecule has 2 nitrogen and oxygen atoms in total. The third-order valence-corrected chi connectivity index (χ3v) is 7.54. The lowest BCUT2D eigenvalue weighted by molar-refractivity contribution is 0.425. The quantitative estimate of drug-likeness (QED) is 0.477. The van der Waals surface area contributed by atoms with Crippen LogP contribution >= 0.6 is 20.4 Å². The van der Waals surface area contributed by atoms with E-state index in [0.29, 0.717) is 11.5 Å². The summed E-state index contributed by atoms with van der Waals surface area (Å²) in [4.78, 5) is 1.88. The maximum Gasteiger partial charge on any atom is 0.505 e. The van der Waals surface area contributed by atoms with Crippen molar-refractivity contribution in [3.63, 3.8) is 0 Å². The topological polar surface area (TPSA) is 18.5 Å². The van der Waals surface area contributed by atoms with E-state index in [9.17, 15) is 4.20 Å². The second-order valence-corrected chi connectivity index (χ2v) is 10.2. The van der Waals surface area contributed by atoms with Crippen LogP contribution in [0.15, 0.2) is 46.2 Å². The first-order chi connectivity index (χ1) is 12.7. The zero-order valence-electron chi connectivity index (χ0n) is 16.9. The van der Waals surface area contributed by atoms with Crippen LogP contribution in [0.5, 0.6) is 11.5 Å². The highest BCUT2D eigenvalue weighted by Gasteiger charge is 2.27. The summed E-state index contributed by atoms with van der Waals surface area (Å²) in [6.45, 7) is 13.3. The molecule has 146 valence electrons. The molecule has 27 heavy (non-hydrogen) atoms. The van der Waals surface area contributed by atoms with E-state index in [2.05, 4.69) is 53.7 Å². The molecular formula is C22H28FO2PS. The van der Waals surface area contributed by atoms with E-state index >= 15 is 0 Å². The van der Waals surface area contributed by atoms with E-state index in [1.807, 2.05) is 24.3 Å². The zero-order chi connectivity index (χ0) is 19.8. The third kappa shape index (κ3) is 4.27. The van der Waals surface area contributed by atoms with Crippen molar-refractivity contribution < 1.29 is 13.2 Å². The van der Waals surface area contributed by atoms with E-state index < -0.39 is 8.69 Å². The predicted molar refractivity (Wildman–Crippen MR) is 113 cm³/mol. The highest BCUT2D eigenvalue weighted by molar-refractivity contribution is 7.99. The lowest BCUT2D eigenvalue weighted by Crippen LogP contribution is -2.16. The number of hydrogen-bond donors (Lipinski definition) is 0. The Hall–Kier alpha value is -1.25. The molecule has 0 radical (unpaired) electrons. The molecule has 0 saturated heterocycles. The van der Waals surface area contributed by atoms with Gasteiger partial charge >= 0.3 is 8.69 Å². The van der Waals surface area contributed by atoms with Crippen molar-refractivity contribution in [2.45, 2.75) is 75.0 Å². The summed E-state index contributed by atoms with van der Waals surface area (Å²) in [5, 5.41) is 0. The molecule has 2 aromatic carbocycles. The number of benzene rings is 2. The molecule has 0 fully saturated rings. The van der Waals surface area contributed by atoms with Crippen molar-refractivity contribution in [2.75, 3.05) is 0 Å². The summed E-state index contributed by atoms with van der Waals surface area (Å²) >= 11 is 1.59. The molecule has 2 aromatic rings. The summed E-state index contributed by atoms with van der Waals surface area (Å²) in [5.41, 5.74) is 2.58. The Kier molecular flexibility index (Phi) is 5.80. The molecule has 0 amide bonds. The minimum absolute atomic E-state index is 0.0593. The molecule has 1 heterocycles. The summed E-state index contributed by atoms with van der Waals surface area (Å²) in [6.07, 6.45) is 2.06. The first kappa shape index (κ1) is 20.5. The van der Waals surface area contributed by atoms with Gasteiger partial charge in [0.15, 0.2) is 0 Å². The Balaban J connectivity index is 2.08. The molecule has 1 aliphatic rings. The number of halogens is 1. The Morgan fingerprint density at radius 3 is 1.59 bits per heavy atom. The molecule has 0 N–H and O–H groups in total. The summed E-state index contributed by atoms with van der Waals surface area (Å²) < 4.78 is 25.3. The van der Waals surface area contributed by atoms with Crippen molar-refractivity contribution in [1.82, 2.24) is 0 Å². The second kappa shape index (κ2) is 7.64. The average Bonchev–Trinajstić information content (AvgIpc) is 2.62. The highest BCUT2D eigenvalue weighted by atomic mass is 32.2. The SMILES string of the molecule is CCC(C)(C)c1ccc2c(c1)Sc1cc(C(C)(C)CC)ccc1OP(F)O2. The lowest BCUT2D eigenvalue weighted by atomic mass is 9.82. The fraction of sp³-hybridized carbons (Fsp3) is 0.455. The van der Waals surface area contributed by atoms with Gasteiger partial charge in [0.25, 0.3) is 0 Å². The minimum Gasteiger partial charge on any atom is -0.413 e. The second-order valence-electron chi connectivity index (χ2n) is 8.30. The number of fused-ring (bicyclic) bond motifs is 2. The molecule has 0 saturated carbocycles. The number of hydrogen-bond acceptors (Lipinski definition) is 3. The molecule has 5 heteroatoms. The van der Waals surface area contributed by atoms with Gasteiger partial charge in [0.1, 0.15) is 11.5 Å². The molecule has 1 aliphatic heterocycles. The molecule has 0 aromatic heterocycles. The van der Waals surface area contributed by atoms with E-state index in [0.717, 1.165) is 22.6 Å². The van der Waals surface area contributed by atoms with Crippen molar-refractivity contribution in [3.8, 4) is 11.5 Å². The van der Waals surface area contributed by atoms with Crippen molar-refractivity contribution in [3.05, 3.63) is 47.5 Å². The smallest absolute Gasteiger partial charge is 0.413 e. The maximum atomic E-state index is 14.4. The predicted octanol–water partition coefficient (Wildman–Crippen LogP) is 8.18. The van der Waals surface area contributed by atoms with Crippen molar-refractivity contribution in [1.29, 1.82) is 0 Å². The van der Waals surface area contributed by atoms with Gasteiger partial charge in [-0.3, -0.25) is 0 Å². The fourth-order valence-electron chi connectivity index (χ4n) is 2.87. The molecule has 0 atom stereocenters. The minimum atomic E-state index is -2.50. The van der Waals surface area contributed by atoms with Crippen LogP contribution in [-0.2, 0) is 10.8 Å². The van der Waals surface area contributed by atoms with Gasteiger partial charge in [-0.2, -0.15) is 0 Å². The van der Waals surface area contributed by atoms with Crippen LogP contribution in [-0.4, -0.2) is 0 Å². The summed E-state index contributed by atoms with van der Waals surface area (Å²) in [5.74, 6) is 1.10. The fourth-order valence-corrected chi connectivity index (χ4v) is 4.69. The van der Waals surface area contributed by atoms with E-state index in [-0.39, 0.29) is 10.8 Å². The molecule has 0 aliphatic carbocycles. The van der Waals surface area contributed by atoms with Gasteiger partial charge in [0, 0.05) is 0 Å². The Labute approximate surface area is 167 Å².